The second-order valence-electron chi connectivity index (χ2n) is 2.77. The number of thiocyanates is 1. The molecule has 2 aromatic rings. The Bertz CT molecular complexity index is 516. The van der Waals surface area contributed by atoms with E-state index in [0.29, 0.717) is 5.69 Å². The molecule has 0 saturated heterocycles. The summed E-state index contributed by atoms with van der Waals surface area (Å²) in [5.74, 6) is 0. The fourth-order valence-electron chi connectivity index (χ4n) is 1.33. The van der Waals surface area contributed by atoms with Gasteiger partial charge in [-0.15, -0.1) is 0 Å². The molecule has 0 atom stereocenters. The van der Waals surface area contributed by atoms with Crippen LogP contribution in [0.1, 0.15) is 0 Å². The van der Waals surface area contributed by atoms with Gasteiger partial charge in [-0.1, -0.05) is 0 Å². The number of nitrogen functional groups attached to an aromatic ring is 1. The molecule has 0 aliphatic carbocycles. The Labute approximate surface area is 85.6 Å². The van der Waals surface area contributed by atoms with E-state index in [0.717, 1.165) is 27.4 Å². The number of hydrogen-bond acceptors (Lipinski definition) is 4. The van der Waals surface area contributed by atoms with Crippen molar-refractivity contribution in [3.8, 4) is 5.40 Å². The van der Waals surface area contributed by atoms with E-state index in [1.54, 1.807) is 12.4 Å². The maximum Gasteiger partial charge on any atom is 0.138 e. The lowest BCUT2D eigenvalue weighted by Crippen LogP contribution is -1.88. The number of rotatable bonds is 1. The first-order chi connectivity index (χ1) is 6.83. The zero-order valence-corrected chi connectivity index (χ0v) is 8.08. The third-order valence-electron chi connectivity index (χ3n) is 1.97. The number of thioether (sulfide) groups is 1. The second-order valence-corrected chi connectivity index (χ2v) is 3.59. The Morgan fingerprint density at radius 2 is 2.14 bits per heavy atom. The summed E-state index contributed by atoms with van der Waals surface area (Å²) in [6, 6.07) is 5.50. The molecule has 2 N–H and O–H groups in total. The standard InChI is InChI=1S/C10H7N3S/c11-6-14-10-2-1-9(12)7-3-4-13-5-8(7)10/h1-5H,12H2. The Kier molecular flexibility index (Phi) is 2.25. The van der Waals surface area contributed by atoms with E-state index < -0.39 is 0 Å². The molecule has 4 heteroatoms. The van der Waals surface area contributed by atoms with Gasteiger partial charge in [0.25, 0.3) is 0 Å². The third kappa shape index (κ3) is 1.38. The molecule has 1 aromatic carbocycles. The number of pyridine rings is 1. The molecule has 14 heavy (non-hydrogen) atoms. The summed E-state index contributed by atoms with van der Waals surface area (Å²) in [6.45, 7) is 0. The van der Waals surface area contributed by atoms with E-state index in [1.807, 2.05) is 23.6 Å². The molecule has 0 unspecified atom stereocenters. The van der Waals surface area contributed by atoms with Gasteiger partial charge in [-0.05, 0) is 30.0 Å². The van der Waals surface area contributed by atoms with Crippen LogP contribution >= 0.6 is 11.8 Å². The Morgan fingerprint density at radius 3 is 2.93 bits per heavy atom. The van der Waals surface area contributed by atoms with Crippen LogP contribution in [0.2, 0.25) is 0 Å². The normalized spacial score (nSPS) is 9.93. The third-order valence-corrected chi connectivity index (χ3v) is 2.63. The monoisotopic (exact) mass is 201 g/mol. The van der Waals surface area contributed by atoms with Gasteiger partial charge in [-0.3, -0.25) is 4.98 Å². The first-order valence-electron chi connectivity index (χ1n) is 4.01. The van der Waals surface area contributed by atoms with Crippen molar-refractivity contribution in [2.45, 2.75) is 4.90 Å². The van der Waals surface area contributed by atoms with Crippen molar-refractivity contribution in [2.75, 3.05) is 5.73 Å². The number of fused-ring (bicyclic) bond motifs is 1. The highest BCUT2D eigenvalue weighted by Crippen LogP contribution is 2.29. The van der Waals surface area contributed by atoms with Crippen molar-refractivity contribution >= 4 is 28.2 Å². The van der Waals surface area contributed by atoms with Gasteiger partial charge in [0.2, 0.25) is 0 Å². The van der Waals surface area contributed by atoms with Gasteiger partial charge in [0, 0.05) is 33.7 Å². The van der Waals surface area contributed by atoms with E-state index in [2.05, 4.69) is 4.98 Å². The minimum absolute atomic E-state index is 0.713. The molecule has 2 rings (SSSR count). The summed E-state index contributed by atoms with van der Waals surface area (Å²) in [4.78, 5) is 4.91. The highest BCUT2D eigenvalue weighted by Gasteiger charge is 2.03. The van der Waals surface area contributed by atoms with Gasteiger partial charge >= 0.3 is 0 Å². The van der Waals surface area contributed by atoms with Crippen molar-refractivity contribution in [3.63, 3.8) is 0 Å². The molecule has 1 aromatic heterocycles. The molecule has 0 fully saturated rings. The fourth-order valence-corrected chi connectivity index (χ4v) is 1.83. The summed E-state index contributed by atoms with van der Waals surface area (Å²) in [7, 11) is 0. The first-order valence-corrected chi connectivity index (χ1v) is 4.82. The van der Waals surface area contributed by atoms with E-state index in [1.165, 1.54) is 0 Å². The highest BCUT2D eigenvalue weighted by molar-refractivity contribution is 8.04. The van der Waals surface area contributed by atoms with Crippen LogP contribution in [0.5, 0.6) is 0 Å². The van der Waals surface area contributed by atoms with Crippen molar-refractivity contribution in [1.82, 2.24) is 4.98 Å². The molecule has 0 radical (unpaired) electrons. The number of aromatic nitrogens is 1. The molecule has 0 spiro atoms. The number of anilines is 1. The number of nitriles is 1. The second kappa shape index (κ2) is 3.56. The zero-order chi connectivity index (χ0) is 9.97. The molecule has 0 saturated carbocycles. The molecule has 0 amide bonds. The van der Waals surface area contributed by atoms with Crippen LogP contribution in [0.3, 0.4) is 0 Å². The summed E-state index contributed by atoms with van der Waals surface area (Å²) in [5.41, 5.74) is 6.51. The zero-order valence-electron chi connectivity index (χ0n) is 7.27. The van der Waals surface area contributed by atoms with Gasteiger partial charge in [-0.2, -0.15) is 5.26 Å². The summed E-state index contributed by atoms with van der Waals surface area (Å²) in [5, 5.41) is 12.5. The summed E-state index contributed by atoms with van der Waals surface area (Å²) >= 11 is 1.12. The fraction of sp³-hybridized carbons (Fsp3) is 0. The average Bonchev–Trinajstić information content (AvgIpc) is 2.23. The lowest BCUT2D eigenvalue weighted by molar-refractivity contribution is 1.35. The maximum absolute atomic E-state index is 8.61. The van der Waals surface area contributed by atoms with Crippen molar-refractivity contribution in [3.05, 3.63) is 30.6 Å². The SMILES string of the molecule is N#CSc1ccc(N)c2ccncc12. The Balaban J connectivity index is 2.76. The van der Waals surface area contributed by atoms with Gasteiger partial charge in [0.05, 0.1) is 0 Å². The van der Waals surface area contributed by atoms with Gasteiger partial charge in [0.1, 0.15) is 5.40 Å². The molecule has 0 aliphatic heterocycles. The minimum atomic E-state index is 0.713. The number of benzene rings is 1. The summed E-state index contributed by atoms with van der Waals surface area (Å²) < 4.78 is 0. The van der Waals surface area contributed by atoms with Gasteiger partial charge < -0.3 is 5.73 Å². The minimum Gasteiger partial charge on any atom is -0.398 e. The van der Waals surface area contributed by atoms with E-state index >= 15 is 0 Å². The molecule has 1 heterocycles. The Hall–Kier alpha value is -1.73. The van der Waals surface area contributed by atoms with E-state index in [9.17, 15) is 0 Å². The maximum atomic E-state index is 8.61. The van der Waals surface area contributed by atoms with Crippen LogP contribution in [0.4, 0.5) is 5.69 Å². The molecular formula is C10H7N3S. The largest absolute Gasteiger partial charge is 0.398 e. The molecule has 0 aliphatic rings. The van der Waals surface area contributed by atoms with Crippen molar-refractivity contribution in [1.29, 1.82) is 5.26 Å². The predicted octanol–water partition coefficient (Wildman–Crippen LogP) is 2.39. The van der Waals surface area contributed by atoms with E-state index in [-0.39, 0.29) is 0 Å². The molecular weight excluding hydrogens is 194 g/mol. The summed E-state index contributed by atoms with van der Waals surface area (Å²) in [6.07, 6.45) is 3.42. The van der Waals surface area contributed by atoms with Crippen LogP contribution in [0, 0.1) is 10.7 Å². The van der Waals surface area contributed by atoms with Crippen molar-refractivity contribution < 1.29 is 0 Å². The number of nitrogens with zero attached hydrogens (tertiary/aromatic N) is 2. The Morgan fingerprint density at radius 1 is 1.29 bits per heavy atom. The van der Waals surface area contributed by atoms with Crippen LogP contribution in [0.25, 0.3) is 10.8 Å². The number of nitrogens with two attached hydrogens (primary N) is 1. The lowest BCUT2D eigenvalue weighted by atomic mass is 10.1. The predicted molar refractivity (Wildman–Crippen MR) is 57.6 cm³/mol. The first kappa shape index (κ1) is 8.85. The van der Waals surface area contributed by atoms with Gasteiger partial charge in [0.15, 0.2) is 0 Å². The van der Waals surface area contributed by atoms with Crippen LogP contribution < -0.4 is 5.73 Å². The van der Waals surface area contributed by atoms with Crippen LogP contribution in [0.15, 0.2) is 35.5 Å². The van der Waals surface area contributed by atoms with Crippen LogP contribution in [-0.2, 0) is 0 Å². The smallest absolute Gasteiger partial charge is 0.138 e. The number of hydrogen-bond donors (Lipinski definition) is 1. The molecule has 3 nitrogen and oxygen atoms in total. The van der Waals surface area contributed by atoms with Crippen LogP contribution in [-0.4, -0.2) is 4.98 Å². The van der Waals surface area contributed by atoms with Gasteiger partial charge in [-0.25, -0.2) is 0 Å². The molecule has 0 bridgehead atoms. The van der Waals surface area contributed by atoms with E-state index in [4.69, 9.17) is 11.0 Å². The molecule has 68 valence electrons. The lowest BCUT2D eigenvalue weighted by Gasteiger charge is -2.03. The highest BCUT2D eigenvalue weighted by atomic mass is 32.2. The topological polar surface area (TPSA) is 62.7 Å². The average molecular weight is 201 g/mol. The quantitative estimate of drug-likeness (QED) is 0.437. The van der Waals surface area contributed by atoms with Crippen molar-refractivity contribution in [2.24, 2.45) is 0 Å².